The number of benzene rings is 3. The van der Waals surface area contributed by atoms with Crippen LogP contribution in [-0.4, -0.2) is 58.7 Å². The minimum Gasteiger partial charge on any atom is -0.505 e. The molecule has 3 N–H and O–H groups in total. The number of aromatic hydroxyl groups is 1. The van der Waals surface area contributed by atoms with E-state index < -0.39 is 26.7 Å². The Bertz CT molecular complexity index is 1260. The molecule has 3 aromatic carbocycles. The number of carbonyl (C=O) groups is 1. The molecule has 3 rings (SSSR count). The number of nitrogens with zero attached hydrogens (tertiary/aromatic N) is 2. The smallest absolute Gasteiger partial charge is 0.339 e. The van der Waals surface area contributed by atoms with Crippen LogP contribution >= 0.6 is 11.6 Å². The largest absolute Gasteiger partial charge is 0.505 e. The van der Waals surface area contributed by atoms with Crippen molar-refractivity contribution in [2.45, 2.75) is 11.8 Å². The van der Waals surface area contributed by atoms with Crippen LogP contribution in [0.2, 0.25) is 5.02 Å². The van der Waals surface area contributed by atoms with Gasteiger partial charge in [-0.25, -0.2) is 4.79 Å². The molecule has 0 spiro atoms. The van der Waals surface area contributed by atoms with Crippen molar-refractivity contribution < 1.29 is 28.0 Å². The first-order valence-electron chi connectivity index (χ1n) is 7.77. The summed E-state index contributed by atoms with van der Waals surface area (Å²) in [4.78, 5) is 10.9. The first kappa shape index (κ1) is 23.3. The predicted molar refractivity (Wildman–Crippen MR) is 109 cm³/mol. The van der Waals surface area contributed by atoms with Gasteiger partial charge in [-0.2, -0.15) is 8.42 Å². The van der Waals surface area contributed by atoms with Gasteiger partial charge in [0.1, 0.15) is 21.8 Å². The number of azo groups is 1. The maximum Gasteiger partial charge on any atom is 0.339 e. The molecule has 0 aliphatic heterocycles. The van der Waals surface area contributed by atoms with E-state index in [9.17, 15) is 28.0 Å². The van der Waals surface area contributed by atoms with Gasteiger partial charge in [-0.05, 0) is 36.1 Å². The Kier molecular flexibility index (Phi) is 7.05. The van der Waals surface area contributed by atoms with Gasteiger partial charge in [0, 0.05) is 40.0 Å². The summed E-state index contributed by atoms with van der Waals surface area (Å²) in [5.41, 5.74) is -0.408. The molecule has 0 fully saturated rings. The van der Waals surface area contributed by atoms with Crippen molar-refractivity contribution in [1.29, 1.82) is 0 Å². The number of hydrogen-bond acceptors (Lipinski definition) is 6. The SMILES string of the molecule is Cc1cc(S(=O)(=O)O)c(N=Nc2c(O)c(C(=O)O)cc3ccccc23)cc1Cl.[Na]. The van der Waals surface area contributed by atoms with Crippen LogP contribution < -0.4 is 0 Å². The molecule has 145 valence electrons. The van der Waals surface area contributed by atoms with E-state index in [1.165, 1.54) is 12.1 Å². The zero-order valence-electron chi connectivity index (χ0n) is 15.3. The third-order valence-electron chi connectivity index (χ3n) is 4.00. The molecule has 0 heterocycles. The van der Waals surface area contributed by atoms with Crippen molar-refractivity contribution in [3.8, 4) is 5.75 Å². The fraction of sp³-hybridized carbons (Fsp3) is 0.0556. The van der Waals surface area contributed by atoms with E-state index in [1.54, 1.807) is 31.2 Å². The molecule has 0 bridgehead atoms. The van der Waals surface area contributed by atoms with E-state index in [-0.39, 0.29) is 51.5 Å². The fourth-order valence-corrected chi connectivity index (χ4v) is 3.46. The van der Waals surface area contributed by atoms with Crippen LogP contribution in [0.1, 0.15) is 15.9 Å². The van der Waals surface area contributed by atoms with Crippen LogP contribution in [0.5, 0.6) is 5.75 Å². The summed E-state index contributed by atoms with van der Waals surface area (Å²) in [6.07, 6.45) is 0. The Morgan fingerprint density at radius 2 is 1.76 bits per heavy atom. The first-order chi connectivity index (χ1) is 13.1. The second-order valence-corrected chi connectivity index (χ2v) is 7.69. The van der Waals surface area contributed by atoms with Gasteiger partial charge in [-0.3, -0.25) is 4.55 Å². The maximum atomic E-state index is 11.6. The average Bonchev–Trinajstić information content (AvgIpc) is 2.61. The zero-order valence-corrected chi connectivity index (χ0v) is 18.9. The quantitative estimate of drug-likeness (QED) is 0.309. The van der Waals surface area contributed by atoms with E-state index in [0.29, 0.717) is 16.3 Å². The molecular formula is C18H13ClN2NaO6S. The third kappa shape index (κ3) is 4.77. The van der Waals surface area contributed by atoms with Gasteiger partial charge in [-0.1, -0.05) is 35.9 Å². The number of phenols is 1. The molecule has 0 unspecified atom stereocenters. The summed E-state index contributed by atoms with van der Waals surface area (Å²) in [6.45, 7) is 1.55. The minimum atomic E-state index is -4.62. The van der Waals surface area contributed by atoms with Crippen LogP contribution in [0.4, 0.5) is 11.4 Å². The Morgan fingerprint density at radius 1 is 1.10 bits per heavy atom. The van der Waals surface area contributed by atoms with Crippen molar-refractivity contribution >= 4 is 79.4 Å². The molecule has 0 aliphatic carbocycles. The second kappa shape index (κ2) is 8.78. The molecule has 1 radical (unpaired) electrons. The summed E-state index contributed by atoms with van der Waals surface area (Å²) in [7, 11) is -4.62. The molecule has 8 nitrogen and oxygen atoms in total. The summed E-state index contributed by atoms with van der Waals surface area (Å²) >= 11 is 6.01. The number of fused-ring (bicyclic) bond motifs is 1. The third-order valence-corrected chi connectivity index (χ3v) is 5.29. The monoisotopic (exact) mass is 443 g/mol. The van der Waals surface area contributed by atoms with Crippen molar-refractivity contribution in [2.24, 2.45) is 10.2 Å². The maximum absolute atomic E-state index is 11.6. The molecule has 3 aromatic rings. The number of aromatic carboxylic acids is 1. The van der Waals surface area contributed by atoms with E-state index >= 15 is 0 Å². The number of halogens is 1. The van der Waals surface area contributed by atoms with Crippen LogP contribution in [0.15, 0.2) is 57.6 Å². The van der Waals surface area contributed by atoms with Gasteiger partial charge in [0.05, 0.1) is 0 Å². The Hall–Kier alpha value is -2.01. The van der Waals surface area contributed by atoms with E-state index in [2.05, 4.69) is 10.2 Å². The summed E-state index contributed by atoms with van der Waals surface area (Å²) < 4.78 is 32.7. The number of hydrogen-bond donors (Lipinski definition) is 3. The van der Waals surface area contributed by atoms with Crippen LogP contribution in [0, 0.1) is 6.92 Å². The van der Waals surface area contributed by atoms with Gasteiger partial charge in [0.15, 0.2) is 5.75 Å². The number of carboxylic acids is 1. The second-order valence-electron chi connectivity index (χ2n) is 5.89. The van der Waals surface area contributed by atoms with Crippen molar-refractivity contribution in [2.75, 3.05) is 0 Å². The molecule has 0 saturated carbocycles. The predicted octanol–water partition coefficient (Wildman–Crippen LogP) is 4.49. The molecule has 0 aromatic heterocycles. The molecule has 29 heavy (non-hydrogen) atoms. The van der Waals surface area contributed by atoms with Crippen molar-refractivity contribution in [3.05, 3.63) is 58.6 Å². The van der Waals surface area contributed by atoms with Gasteiger partial charge in [0.2, 0.25) is 0 Å². The van der Waals surface area contributed by atoms with Crippen molar-refractivity contribution in [3.63, 3.8) is 0 Å². The molecule has 0 saturated heterocycles. The Balaban J connectivity index is 0.00000300. The number of aryl methyl sites for hydroxylation is 1. The number of carboxylic acid groups (broad SMARTS) is 1. The van der Waals surface area contributed by atoms with Crippen LogP contribution in [-0.2, 0) is 10.1 Å². The Morgan fingerprint density at radius 3 is 2.38 bits per heavy atom. The van der Waals surface area contributed by atoms with Gasteiger partial charge in [0.25, 0.3) is 10.1 Å². The molecule has 11 heteroatoms. The van der Waals surface area contributed by atoms with Gasteiger partial charge in [-0.15, -0.1) is 10.2 Å². The molecule has 0 amide bonds. The van der Waals surface area contributed by atoms with Gasteiger partial charge < -0.3 is 10.2 Å². The summed E-state index contributed by atoms with van der Waals surface area (Å²) in [5, 5.41) is 28.4. The number of rotatable bonds is 4. The minimum absolute atomic E-state index is 0. The molecule has 0 aliphatic rings. The van der Waals surface area contributed by atoms with Crippen molar-refractivity contribution in [1.82, 2.24) is 0 Å². The van der Waals surface area contributed by atoms with E-state index in [0.717, 1.165) is 6.07 Å². The molecular weight excluding hydrogens is 431 g/mol. The van der Waals surface area contributed by atoms with E-state index in [4.69, 9.17) is 11.6 Å². The normalized spacial score (nSPS) is 11.6. The van der Waals surface area contributed by atoms with E-state index in [1.807, 2.05) is 0 Å². The summed E-state index contributed by atoms with van der Waals surface area (Å²) in [5.74, 6) is -1.99. The zero-order chi connectivity index (χ0) is 20.6. The van der Waals surface area contributed by atoms with Crippen LogP contribution in [0.25, 0.3) is 10.8 Å². The standard InChI is InChI=1S/C18H13ClN2O6S.Na/c1-9-6-15(28(25,26)27)14(8-13(9)19)20-21-16-11-5-3-2-4-10(11)7-12(17(16)22)18(23)24;/h2-8,22H,1H3,(H,23,24)(H,25,26,27);. The first-order valence-corrected chi connectivity index (χ1v) is 9.58. The molecule has 0 atom stereocenters. The summed E-state index contributed by atoms with van der Waals surface area (Å²) in [6, 6.07) is 10.2. The van der Waals surface area contributed by atoms with Crippen LogP contribution in [0.3, 0.4) is 0 Å². The Labute approximate surface area is 192 Å². The van der Waals surface area contributed by atoms with Gasteiger partial charge >= 0.3 is 5.97 Å². The topological polar surface area (TPSA) is 137 Å². The fourth-order valence-electron chi connectivity index (χ4n) is 2.61. The average molecular weight is 444 g/mol.